The number of piperazine rings is 1. The number of rotatable bonds is 2. The fourth-order valence-corrected chi connectivity index (χ4v) is 3.06. The Labute approximate surface area is 108 Å². The van der Waals surface area contributed by atoms with Crippen LogP contribution in [-0.4, -0.2) is 60.9 Å². The first kappa shape index (κ1) is 13.3. The SMILES string of the molecule is CC1CC(C)CN(CC(=O)N2CCNC(=O)C2)C1. The maximum Gasteiger partial charge on any atom is 0.239 e. The Morgan fingerprint density at radius 1 is 1.33 bits per heavy atom. The highest BCUT2D eigenvalue weighted by molar-refractivity contribution is 5.86. The minimum atomic E-state index is -0.0463. The van der Waals surface area contributed by atoms with Gasteiger partial charge in [-0.2, -0.15) is 0 Å². The number of hydrogen-bond donors (Lipinski definition) is 1. The Morgan fingerprint density at radius 3 is 2.61 bits per heavy atom. The molecule has 2 atom stereocenters. The Bertz CT molecular complexity index is 322. The molecule has 0 aromatic carbocycles. The molecule has 5 heteroatoms. The third-order valence-electron chi connectivity index (χ3n) is 3.69. The van der Waals surface area contributed by atoms with Crippen molar-refractivity contribution in [2.24, 2.45) is 11.8 Å². The smallest absolute Gasteiger partial charge is 0.239 e. The van der Waals surface area contributed by atoms with Crippen molar-refractivity contribution in [1.82, 2.24) is 15.1 Å². The van der Waals surface area contributed by atoms with Gasteiger partial charge in [0, 0.05) is 26.2 Å². The molecule has 102 valence electrons. The minimum absolute atomic E-state index is 0.0463. The highest BCUT2D eigenvalue weighted by Crippen LogP contribution is 2.20. The topological polar surface area (TPSA) is 52.7 Å². The lowest BCUT2D eigenvalue weighted by molar-refractivity contribution is -0.139. The molecule has 2 aliphatic heterocycles. The average Bonchev–Trinajstić information content (AvgIpc) is 2.27. The van der Waals surface area contributed by atoms with Gasteiger partial charge in [-0.25, -0.2) is 0 Å². The van der Waals surface area contributed by atoms with Gasteiger partial charge in [0.1, 0.15) is 0 Å². The van der Waals surface area contributed by atoms with E-state index in [4.69, 9.17) is 0 Å². The van der Waals surface area contributed by atoms with Gasteiger partial charge in [-0.15, -0.1) is 0 Å². The molecule has 0 aromatic heterocycles. The van der Waals surface area contributed by atoms with Crippen molar-refractivity contribution in [1.29, 1.82) is 0 Å². The molecule has 0 aliphatic carbocycles. The zero-order chi connectivity index (χ0) is 13.1. The zero-order valence-corrected chi connectivity index (χ0v) is 11.3. The standard InChI is InChI=1S/C13H23N3O2/c1-10-5-11(2)7-15(6-10)9-13(18)16-4-3-14-12(17)8-16/h10-11H,3-9H2,1-2H3,(H,14,17). The number of piperidine rings is 1. The summed E-state index contributed by atoms with van der Waals surface area (Å²) in [4.78, 5) is 27.3. The lowest BCUT2D eigenvalue weighted by atomic mass is 9.92. The molecule has 2 heterocycles. The average molecular weight is 253 g/mol. The molecule has 2 aliphatic rings. The number of amides is 2. The van der Waals surface area contributed by atoms with Crippen molar-refractivity contribution < 1.29 is 9.59 Å². The summed E-state index contributed by atoms with van der Waals surface area (Å²) in [6.07, 6.45) is 1.25. The van der Waals surface area contributed by atoms with Crippen molar-refractivity contribution in [3.63, 3.8) is 0 Å². The van der Waals surface area contributed by atoms with Crippen molar-refractivity contribution in [3.8, 4) is 0 Å². The lowest BCUT2D eigenvalue weighted by Crippen LogP contribution is -2.53. The van der Waals surface area contributed by atoms with Crippen molar-refractivity contribution in [3.05, 3.63) is 0 Å². The van der Waals surface area contributed by atoms with Gasteiger partial charge in [-0.3, -0.25) is 14.5 Å². The van der Waals surface area contributed by atoms with Crippen LogP contribution in [0.3, 0.4) is 0 Å². The second-order valence-corrected chi connectivity index (χ2v) is 5.81. The predicted molar refractivity (Wildman–Crippen MR) is 69.0 cm³/mol. The molecule has 0 spiro atoms. The molecule has 2 saturated heterocycles. The van der Waals surface area contributed by atoms with Crippen LogP contribution in [0.4, 0.5) is 0 Å². The normalized spacial score (nSPS) is 30.1. The van der Waals surface area contributed by atoms with Crippen LogP contribution in [0.15, 0.2) is 0 Å². The summed E-state index contributed by atoms with van der Waals surface area (Å²) in [6, 6.07) is 0. The Balaban J connectivity index is 1.84. The maximum absolute atomic E-state index is 12.1. The Kier molecular flexibility index (Phi) is 4.22. The Hall–Kier alpha value is -1.10. The summed E-state index contributed by atoms with van der Waals surface area (Å²) in [5.41, 5.74) is 0. The first-order valence-electron chi connectivity index (χ1n) is 6.81. The maximum atomic E-state index is 12.1. The number of nitrogens with one attached hydrogen (secondary N) is 1. The minimum Gasteiger partial charge on any atom is -0.353 e. The quantitative estimate of drug-likeness (QED) is 0.749. The van der Waals surface area contributed by atoms with Crippen LogP contribution >= 0.6 is 0 Å². The molecule has 0 bridgehead atoms. The van der Waals surface area contributed by atoms with E-state index in [1.165, 1.54) is 6.42 Å². The van der Waals surface area contributed by atoms with E-state index in [2.05, 4.69) is 24.1 Å². The van der Waals surface area contributed by atoms with E-state index in [1.54, 1.807) is 4.90 Å². The predicted octanol–water partition coefficient (Wildman–Crippen LogP) is -0.0773. The zero-order valence-electron chi connectivity index (χ0n) is 11.3. The highest BCUT2D eigenvalue weighted by Gasteiger charge is 2.26. The van der Waals surface area contributed by atoms with Crippen LogP contribution in [0.2, 0.25) is 0 Å². The summed E-state index contributed by atoms with van der Waals surface area (Å²) >= 11 is 0. The van der Waals surface area contributed by atoms with E-state index in [9.17, 15) is 9.59 Å². The van der Waals surface area contributed by atoms with E-state index in [0.29, 0.717) is 31.5 Å². The Morgan fingerprint density at radius 2 is 2.00 bits per heavy atom. The van der Waals surface area contributed by atoms with E-state index in [0.717, 1.165) is 13.1 Å². The number of hydrogen-bond acceptors (Lipinski definition) is 3. The summed E-state index contributed by atoms with van der Waals surface area (Å²) in [7, 11) is 0. The third-order valence-corrected chi connectivity index (χ3v) is 3.69. The fourth-order valence-electron chi connectivity index (χ4n) is 3.06. The van der Waals surface area contributed by atoms with Gasteiger partial charge in [0.25, 0.3) is 0 Å². The van der Waals surface area contributed by atoms with Gasteiger partial charge in [-0.1, -0.05) is 13.8 Å². The molecule has 2 unspecified atom stereocenters. The number of carbonyl (C=O) groups is 2. The molecule has 0 aromatic rings. The van der Waals surface area contributed by atoms with Crippen molar-refractivity contribution in [2.45, 2.75) is 20.3 Å². The van der Waals surface area contributed by atoms with Crippen LogP contribution in [0.25, 0.3) is 0 Å². The third kappa shape index (κ3) is 3.45. The summed E-state index contributed by atoms with van der Waals surface area (Å²) in [5, 5.41) is 2.74. The molecule has 2 fully saturated rings. The summed E-state index contributed by atoms with van der Waals surface area (Å²) in [6.45, 7) is 8.37. The molecule has 0 radical (unpaired) electrons. The van der Waals surface area contributed by atoms with Crippen LogP contribution < -0.4 is 5.32 Å². The lowest BCUT2D eigenvalue weighted by Gasteiger charge is -2.36. The largest absolute Gasteiger partial charge is 0.353 e. The fraction of sp³-hybridized carbons (Fsp3) is 0.846. The monoisotopic (exact) mass is 253 g/mol. The van der Waals surface area contributed by atoms with Crippen LogP contribution in [0.1, 0.15) is 20.3 Å². The van der Waals surface area contributed by atoms with Crippen LogP contribution in [0, 0.1) is 11.8 Å². The second kappa shape index (κ2) is 5.69. The molecule has 2 amide bonds. The van der Waals surface area contributed by atoms with Crippen LogP contribution in [0.5, 0.6) is 0 Å². The molecule has 2 rings (SSSR count). The molecular weight excluding hydrogens is 230 g/mol. The van der Waals surface area contributed by atoms with Gasteiger partial charge < -0.3 is 10.2 Å². The van der Waals surface area contributed by atoms with Crippen LogP contribution in [-0.2, 0) is 9.59 Å². The van der Waals surface area contributed by atoms with Gasteiger partial charge in [0.15, 0.2) is 0 Å². The van der Waals surface area contributed by atoms with E-state index >= 15 is 0 Å². The molecule has 1 N–H and O–H groups in total. The van der Waals surface area contributed by atoms with E-state index in [1.807, 2.05) is 0 Å². The van der Waals surface area contributed by atoms with E-state index in [-0.39, 0.29) is 18.4 Å². The van der Waals surface area contributed by atoms with Crippen molar-refractivity contribution in [2.75, 3.05) is 39.3 Å². The summed E-state index contributed by atoms with van der Waals surface area (Å²) < 4.78 is 0. The van der Waals surface area contributed by atoms with E-state index < -0.39 is 0 Å². The second-order valence-electron chi connectivity index (χ2n) is 5.81. The number of likely N-dealkylation sites (tertiary alicyclic amines) is 1. The highest BCUT2D eigenvalue weighted by atomic mass is 16.2. The molecule has 5 nitrogen and oxygen atoms in total. The molecule has 18 heavy (non-hydrogen) atoms. The molecule has 0 saturated carbocycles. The number of carbonyl (C=O) groups excluding carboxylic acids is 2. The first-order chi connectivity index (χ1) is 8.54. The molecular formula is C13H23N3O2. The van der Waals surface area contributed by atoms with Gasteiger partial charge >= 0.3 is 0 Å². The van der Waals surface area contributed by atoms with Gasteiger partial charge in [0.2, 0.25) is 11.8 Å². The van der Waals surface area contributed by atoms with Gasteiger partial charge in [0.05, 0.1) is 13.1 Å². The number of nitrogens with zero attached hydrogens (tertiary/aromatic N) is 2. The summed E-state index contributed by atoms with van der Waals surface area (Å²) in [5.74, 6) is 1.36. The van der Waals surface area contributed by atoms with Gasteiger partial charge in [-0.05, 0) is 18.3 Å². The first-order valence-corrected chi connectivity index (χ1v) is 6.81. The van der Waals surface area contributed by atoms with Crippen molar-refractivity contribution >= 4 is 11.8 Å².